The fourth-order valence-corrected chi connectivity index (χ4v) is 1.70. The fourth-order valence-electron chi connectivity index (χ4n) is 1.70. The largest absolute Gasteiger partial charge is 0.416 e. The number of halogens is 3. The van der Waals surface area contributed by atoms with Gasteiger partial charge in [0.05, 0.1) is 11.8 Å². The van der Waals surface area contributed by atoms with Crippen molar-refractivity contribution in [1.29, 1.82) is 0 Å². The molecule has 0 atom stereocenters. The molecular formula is C12H9F3N2O. The van der Waals surface area contributed by atoms with E-state index in [1.54, 1.807) is 6.92 Å². The van der Waals surface area contributed by atoms with Gasteiger partial charge in [0.15, 0.2) is 6.29 Å². The Balaban J connectivity index is 2.58. The minimum atomic E-state index is -4.41. The molecule has 1 aromatic carbocycles. The van der Waals surface area contributed by atoms with Crippen LogP contribution in [0.1, 0.15) is 21.9 Å². The Morgan fingerprint density at radius 1 is 1.33 bits per heavy atom. The maximum Gasteiger partial charge on any atom is 0.416 e. The van der Waals surface area contributed by atoms with E-state index in [2.05, 4.69) is 4.98 Å². The third-order valence-corrected chi connectivity index (χ3v) is 2.52. The summed E-state index contributed by atoms with van der Waals surface area (Å²) in [6.07, 6.45) is -2.53. The van der Waals surface area contributed by atoms with Crippen LogP contribution in [0.2, 0.25) is 0 Å². The van der Waals surface area contributed by atoms with E-state index in [0.29, 0.717) is 12.1 Å². The van der Waals surface area contributed by atoms with Gasteiger partial charge in [-0.05, 0) is 25.1 Å². The summed E-state index contributed by atoms with van der Waals surface area (Å²) in [4.78, 5) is 14.7. The van der Waals surface area contributed by atoms with E-state index in [1.807, 2.05) is 0 Å². The van der Waals surface area contributed by atoms with Crippen molar-refractivity contribution in [2.45, 2.75) is 13.1 Å². The Bertz CT molecular complexity index is 587. The van der Waals surface area contributed by atoms with Gasteiger partial charge in [0.1, 0.15) is 11.5 Å². The zero-order valence-corrected chi connectivity index (χ0v) is 9.40. The van der Waals surface area contributed by atoms with Crippen LogP contribution < -0.4 is 0 Å². The van der Waals surface area contributed by atoms with Crippen LogP contribution in [-0.4, -0.2) is 15.8 Å². The van der Waals surface area contributed by atoms with E-state index in [0.717, 1.165) is 12.1 Å². The molecule has 3 nitrogen and oxygen atoms in total. The summed E-state index contributed by atoms with van der Waals surface area (Å²) in [6.45, 7) is 1.62. The molecule has 0 fully saturated rings. The first-order valence-corrected chi connectivity index (χ1v) is 5.10. The number of aromatic nitrogens is 2. The summed E-state index contributed by atoms with van der Waals surface area (Å²) in [5, 5.41) is 0. The van der Waals surface area contributed by atoms with Crippen LogP contribution in [0.4, 0.5) is 13.2 Å². The smallest absolute Gasteiger partial charge is 0.296 e. The van der Waals surface area contributed by atoms with Gasteiger partial charge in [-0.15, -0.1) is 0 Å². The van der Waals surface area contributed by atoms with Gasteiger partial charge >= 0.3 is 6.18 Å². The number of aldehydes is 1. The first-order valence-electron chi connectivity index (χ1n) is 5.10. The predicted molar refractivity (Wildman–Crippen MR) is 58.7 cm³/mol. The summed E-state index contributed by atoms with van der Waals surface area (Å²) in [5.74, 6) is 0.455. The second-order valence-corrected chi connectivity index (χ2v) is 3.73. The van der Waals surface area contributed by atoms with Gasteiger partial charge in [-0.3, -0.25) is 9.36 Å². The molecule has 1 aromatic heterocycles. The molecule has 0 spiro atoms. The molecule has 0 aliphatic carbocycles. The summed E-state index contributed by atoms with van der Waals surface area (Å²) in [6, 6.07) is 4.77. The van der Waals surface area contributed by atoms with Gasteiger partial charge < -0.3 is 0 Å². The van der Waals surface area contributed by atoms with Crippen molar-refractivity contribution in [2.24, 2.45) is 0 Å². The Morgan fingerprint density at radius 2 is 2.06 bits per heavy atom. The van der Waals surface area contributed by atoms with Gasteiger partial charge in [-0.2, -0.15) is 13.2 Å². The number of imidazole rings is 1. The highest BCUT2D eigenvalue weighted by Gasteiger charge is 2.30. The van der Waals surface area contributed by atoms with Gasteiger partial charge in [0.2, 0.25) is 0 Å². The Kier molecular flexibility index (Phi) is 2.94. The van der Waals surface area contributed by atoms with Crippen LogP contribution in [0.15, 0.2) is 30.5 Å². The van der Waals surface area contributed by atoms with Crippen LogP contribution in [0.25, 0.3) is 5.69 Å². The fraction of sp³-hybridized carbons (Fsp3) is 0.167. The zero-order valence-electron chi connectivity index (χ0n) is 9.40. The number of nitrogens with zero attached hydrogens (tertiary/aromatic N) is 2. The van der Waals surface area contributed by atoms with E-state index >= 15 is 0 Å². The number of alkyl halides is 3. The molecule has 2 aromatic rings. The lowest BCUT2D eigenvalue weighted by Crippen LogP contribution is -2.07. The minimum Gasteiger partial charge on any atom is -0.296 e. The second-order valence-electron chi connectivity index (χ2n) is 3.73. The zero-order chi connectivity index (χ0) is 13.3. The number of aryl methyl sites for hydroxylation is 1. The molecule has 18 heavy (non-hydrogen) atoms. The molecule has 1 heterocycles. The average molecular weight is 254 g/mol. The Hall–Kier alpha value is -2.11. The molecule has 0 aliphatic heterocycles. The van der Waals surface area contributed by atoms with Crippen molar-refractivity contribution in [3.05, 3.63) is 47.5 Å². The highest BCUT2D eigenvalue weighted by Crippen LogP contribution is 2.30. The lowest BCUT2D eigenvalue weighted by Gasteiger charge is -2.11. The SMILES string of the molecule is Cc1ncc(C=O)n1-c1cccc(C(F)(F)F)c1. The molecule has 0 radical (unpaired) electrons. The molecule has 94 valence electrons. The number of hydrogen-bond donors (Lipinski definition) is 0. The van der Waals surface area contributed by atoms with Crippen molar-refractivity contribution in [3.8, 4) is 5.69 Å². The summed E-state index contributed by atoms with van der Waals surface area (Å²) in [5.41, 5.74) is -0.279. The van der Waals surface area contributed by atoms with Crippen molar-refractivity contribution >= 4 is 6.29 Å². The summed E-state index contributed by atoms with van der Waals surface area (Å²) >= 11 is 0. The lowest BCUT2D eigenvalue weighted by molar-refractivity contribution is -0.137. The number of hydrogen-bond acceptors (Lipinski definition) is 2. The molecule has 0 N–H and O–H groups in total. The molecule has 0 saturated heterocycles. The number of benzene rings is 1. The van der Waals surface area contributed by atoms with Crippen molar-refractivity contribution in [1.82, 2.24) is 9.55 Å². The van der Waals surface area contributed by atoms with Gasteiger partial charge in [-0.25, -0.2) is 4.98 Å². The highest BCUT2D eigenvalue weighted by molar-refractivity contribution is 5.73. The number of carbonyl (C=O) groups excluding carboxylic acids is 1. The van der Waals surface area contributed by atoms with E-state index in [9.17, 15) is 18.0 Å². The first kappa shape index (κ1) is 12.3. The minimum absolute atomic E-state index is 0.215. The maximum atomic E-state index is 12.6. The van der Waals surface area contributed by atoms with Crippen LogP contribution in [0, 0.1) is 6.92 Å². The van der Waals surface area contributed by atoms with Gasteiger partial charge in [0, 0.05) is 5.69 Å². The molecule has 6 heteroatoms. The van der Waals surface area contributed by atoms with Crippen LogP contribution >= 0.6 is 0 Å². The molecule has 0 unspecified atom stereocenters. The molecular weight excluding hydrogens is 245 g/mol. The number of carbonyl (C=O) groups is 1. The quantitative estimate of drug-likeness (QED) is 0.772. The molecule has 0 aliphatic rings. The molecule has 2 rings (SSSR count). The standard InChI is InChI=1S/C12H9F3N2O/c1-8-16-6-11(7-18)17(8)10-4-2-3-9(5-10)12(13,14)15/h2-7H,1H3. The first-order chi connectivity index (χ1) is 8.43. The number of rotatable bonds is 2. The monoisotopic (exact) mass is 254 g/mol. The van der Waals surface area contributed by atoms with Crippen LogP contribution in [0.5, 0.6) is 0 Å². The van der Waals surface area contributed by atoms with Crippen molar-refractivity contribution in [2.75, 3.05) is 0 Å². The molecule has 0 bridgehead atoms. The molecule has 0 amide bonds. The predicted octanol–water partition coefficient (Wildman–Crippen LogP) is 3.01. The van der Waals surface area contributed by atoms with Crippen molar-refractivity contribution < 1.29 is 18.0 Å². The maximum absolute atomic E-state index is 12.6. The third kappa shape index (κ3) is 2.13. The van der Waals surface area contributed by atoms with Gasteiger partial charge in [0.25, 0.3) is 0 Å². The summed E-state index contributed by atoms with van der Waals surface area (Å²) in [7, 11) is 0. The Morgan fingerprint density at radius 3 is 2.67 bits per heavy atom. The topological polar surface area (TPSA) is 34.9 Å². The highest BCUT2D eigenvalue weighted by atomic mass is 19.4. The van der Waals surface area contributed by atoms with Crippen LogP contribution in [0.3, 0.4) is 0 Å². The summed E-state index contributed by atoms with van der Waals surface area (Å²) < 4.78 is 39.2. The molecule has 0 saturated carbocycles. The van der Waals surface area contributed by atoms with E-state index in [1.165, 1.54) is 22.9 Å². The second kappa shape index (κ2) is 4.29. The van der Waals surface area contributed by atoms with Crippen molar-refractivity contribution in [3.63, 3.8) is 0 Å². The average Bonchev–Trinajstić information content (AvgIpc) is 2.69. The van der Waals surface area contributed by atoms with Gasteiger partial charge in [-0.1, -0.05) is 6.07 Å². The Labute approximate surface area is 101 Å². The normalized spacial score (nSPS) is 11.6. The lowest BCUT2D eigenvalue weighted by atomic mass is 10.2. The van der Waals surface area contributed by atoms with E-state index in [4.69, 9.17) is 0 Å². The van der Waals surface area contributed by atoms with Crippen LogP contribution in [-0.2, 0) is 6.18 Å². The van der Waals surface area contributed by atoms with E-state index in [-0.39, 0.29) is 11.4 Å². The van der Waals surface area contributed by atoms with E-state index < -0.39 is 11.7 Å². The third-order valence-electron chi connectivity index (χ3n) is 2.52.